The van der Waals surface area contributed by atoms with Crippen LogP contribution in [0.1, 0.15) is 41.6 Å². The van der Waals surface area contributed by atoms with Gasteiger partial charge in [-0.25, -0.2) is 4.79 Å². The van der Waals surface area contributed by atoms with E-state index >= 15 is 0 Å². The minimum Gasteiger partial charge on any atom is -0.452 e. The van der Waals surface area contributed by atoms with Gasteiger partial charge in [0.05, 0.1) is 16.3 Å². The van der Waals surface area contributed by atoms with Crippen LogP contribution in [0.4, 0.5) is 17.1 Å². The Morgan fingerprint density at radius 3 is 2.58 bits per heavy atom. The van der Waals surface area contributed by atoms with Crippen LogP contribution in [0.3, 0.4) is 0 Å². The number of hydrogen-bond acceptors (Lipinski definition) is 6. The third-order valence-electron chi connectivity index (χ3n) is 5.90. The molecule has 0 atom stereocenters. The van der Waals surface area contributed by atoms with Gasteiger partial charge in [-0.1, -0.05) is 37.1 Å². The smallest absolute Gasteiger partial charge is 0.345 e. The average Bonchev–Trinajstić information content (AvgIpc) is 3.23. The van der Waals surface area contributed by atoms with Gasteiger partial charge in [-0.2, -0.15) is 0 Å². The zero-order chi connectivity index (χ0) is 22.2. The monoisotopic (exact) mass is 423 g/mol. The standard InChI is InChI=1S/C22H21N3O6/c1-14-7-6-10-17(25(29)30)19(14)20(27)31-13-18(26)24-16-9-3-2-8-15(16)23-21(28)22(24)11-4-5-12-22/h2-3,6-10H,4-5,11-13H2,1H3,(H,23,28). The fourth-order valence-corrected chi connectivity index (χ4v) is 4.46. The van der Waals surface area contributed by atoms with E-state index in [1.165, 1.54) is 17.0 Å². The Morgan fingerprint density at radius 2 is 1.87 bits per heavy atom. The molecule has 1 aliphatic carbocycles. The number of para-hydroxylation sites is 2. The first-order valence-corrected chi connectivity index (χ1v) is 10.00. The summed E-state index contributed by atoms with van der Waals surface area (Å²) in [6.45, 7) is 0.928. The summed E-state index contributed by atoms with van der Waals surface area (Å²) in [5.41, 5.74) is -0.153. The zero-order valence-electron chi connectivity index (χ0n) is 16.9. The summed E-state index contributed by atoms with van der Waals surface area (Å²) in [6, 6.07) is 11.2. The third kappa shape index (κ3) is 3.41. The molecule has 2 aliphatic rings. The number of amides is 2. The maximum absolute atomic E-state index is 13.2. The molecule has 1 fully saturated rings. The summed E-state index contributed by atoms with van der Waals surface area (Å²) in [5, 5.41) is 14.2. The molecule has 1 spiro atoms. The van der Waals surface area contributed by atoms with Crippen molar-refractivity contribution in [2.24, 2.45) is 0 Å². The van der Waals surface area contributed by atoms with Crippen molar-refractivity contribution in [3.8, 4) is 0 Å². The molecule has 0 radical (unpaired) electrons. The van der Waals surface area contributed by atoms with Gasteiger partial charge < -0.3 is 10.1 Å². The second-order valence-corrected chi connectivity index (χ2v) is 7.74. The Labute approximate surface area is 178 Å². The van der Waals surface area contributed by atoms with E-state index in [4.69, 9.17) is 4.74 Å². The lowest BCUT2D eigenvalue weighted by Crippen LogP contribution is -2.61. The van der Waals surface area contributed by atoms with Crippen LogP contribution in [0.5, 0.6) is 0 Å². The first kappa shape index (κ1) is 20.5. The molecule has 1 N–H and O–H groups in total. The van der Waals surface area contributed by atoms with Crippen LogP contribution >= 0.6 is 0 Å². The van der Waals surface area contributed by atoms with E-state index in [2.05, 4.69) is 5.32 Å². The van der Waals surface area contributed by atoms with E-state index in [-0.39, 0.29) is 17.2 Å². The highest BCUT2D eigenvalue weighted by Gasteiger charge is 2.52. The predicted molar refractivity (Wildman–Crippen MR) is 112 cm³/mol. The molecule has 2 aromatic rings. The number of nitrogens with zero attached hydrogens (tertiary/aromatic N) is 2. The molecule has 0 bridgehead atoms. The van der Waals surface area contributed by atoms with Gasteiger partial charge in [0, 0.05) is 6.07 Å². The van der Waals surface area contributed by atoms with Crippen LogP contribution in [0.15, 0.2) is 42.5 Å². The number of carbonyl (C=O) groups is 3. The number of hydrogen-bond donors (Lipinski definition) is 1. The normalized spacial score (nSPS) is 16.5. The molecule has 0 unspecified atom stereocenters. The molecule has 4 rings (SSSR count). The number of aryl methyl sites for hydroxylation is 1. The fraction of sp³-hybridized carbons (Fsp3) is 0.318. The lowest BCUT2D eigenvalue weighted by atomic mass is 9.90. The quantitative estimate of drug-likeness (QED) is 0.458. The second kappa shape index (κ2) is 7.82. The number of nitro groups is 1. The molecule has 9 nitrogen and oxygen atoms in total. The van der Waals surface area contributed by atoms with Crippen molar-refractivity contribution in [2.75, 3.05) is 16.8 Å². The predicted octanol–water partition coefficient (Wildman–Crippen LogP) is 3.36. The summed E-state index contributed by atoms with van der Waals surface area (Å²) in [5.74, 6) is -1.75. The number of rotatable bonds is 4. The Morgan fingerprint density at radius 1 is 1.16 bits per heavy atom. The summed E-state index contributed by atoms with van der Waals surface area (Å²) in [7, 11) is 0. The first-order chi connectivity index (χ1) is 14.8. The molecule has 1 saturated carbocycles. The number of fused-ring (bicyclic) bond motifs is 1. The Balaban J connectivity index is 1.62. The van der Waals surface area contributed by atoms with Gasteiger partial charge in [0.15, 0.2) is 6.61 Å². The van der Waals surface area contributed by atoms with Crippen molar-refractivity contribution in [3.63, 3.8) is 0 Å². The van der Waals surface area contributed by atoms with Gasteiger partial charge >= 0.3 is 5.97 Å². The molecule has 31 heavy (non-hydrogen) atoms. The molecule has 1 aliphatic heterocycles. The number of nitrogens with one attached hydrogen (secondary N) is 1. The summed E-state index contributed by atoms with van der Waals surface area (Å²) in [4.78, 5) is 50.9. The lowest BCUT2D eigenvalue weighted by molar-refractivity contribution is -0.385. The van der Waals surface area contributed by atoms with E-state index in [9.17, 15) is 24.5 Å². The average molecular weight is 423 g/mol. The largest absolute Gasteiger partial charge is 0.452 e. The Kier molecular flexibility index (Phi) is 5.18. The van der Waals surface area contributed by atoms with Crippen molar-refractivity contribution in [3.05, 3.63) is 63.7 Å². The van der Waals surface area contributed by atoms with Crippen LogP contribution in [0, 0.1) is 17.0 Å². The maximum Gasteiger partial charge on any atom is 0.345 e. The number of benzene rings is 2. The van der Waals surface area contributed by atoms with Crippen molar-refractivity contribution in [1.29, 1.82) is 0 Å². The summed E-state index contributed by atoms with van der Waals surface area (Å²) in [6.07, 6.45) is 2.62. The number of nitro benzene ring substituents is 1. The van der Waals surface area contributed by atoms with E-state index in [0.717, 1.165) is 12.8 Å². The van der Waals surface area contributed by atoms with Crippen LogP contribution in [-0.4, -0.2) is 34.9 Å². The van der Waals surface area contributed by atoms with Crippen molar-refractivity contribution in [1.82, 2.24) is 0 Å². The minimum absolute atomic E-state index is 0.187. The lowest BCUT2D eigenvalue weighted by Gasteiger charge is -2.44. The fourth-order valence-electron chi connectivity index (χ4n) is 4.46. The van der Waals surface area contributed by atoms with Crippen LogP contribution in [0.25, 0.3) is 0 Å². The summed E-state index contributed by atoms with van der Waals surface area (Å²) >= 11 is 0. The van der Waals surface area contributed by atoms with Crippen LogP contribution in [0.2, 0.25) is 0 Å². The zero-order valence-corrected chi connectivity index (χ0v) is 16.9. The minimum atomic E-state index is -1.02. The van der Waals surface area contributed by atoms with E-state index in [0.29, 0.717) is 29.8 Å². The van der Waals surface area contributed by atoms with E-state index in [1.807, 2.05) is 0 Å². The first-order valence-electron chi connectivity index (χ1n) is 10.00. The Hall–Kier alpha value is -3.75. The second-order valence-electron chi connectivity index (χ2n) is 7.74. The maximum atomic E-state index is 13.2. The molecule has 1 heterocycles. The van der Waals surface area contributed by atoms with Crippen molar-refractivity contribution < 1.29 is 24.0 Å². The van der Waals surface area contributed by atoms with Crippen LogP contribution < -0.4 is 10.2 Å². The molecule has 2 amide bonds. The number of esters is 1. The molecule has 0 aromatic heterocycles. The van der Waals surface area contributed by atoms with Gasteiger partial charge in [0.1, 0.15) is 11.1 Å². The van der Waals surface area contributed by atoms with Gasteiger partial charge in [-0.3, -0.25) is 24.6 Å². The SMILES string of the molecule is Cc1cccc([N+](=O)[O-])c1C(=O)OCC(=O)N1c2ccccc2NC(=O)C12CCCC2. The van der Waals surface area contributed by atoms with Gasteiger partial charge in [-0.05, 0) is 37.5 Å². The molecule has 2 aromatic carbocycles. The Bertz CT molecular complexity index is 1090. The highest BCUT2D eigenvalue weighted by atomic mass is 16.6. The topological polar surface area (TPSA) is 119 Å². The van der Waals surface area contributed by atoms with Gasteiger partial charge in [-0.15, -0.1) is 0 Å². The molecule has 9 heteroatoms. The highest BCUT2D eigenvalue weighted by molar-refractivity contribution is 6.15. The van der Waals surface area contributed by atoms with E-state index < -0.39 is 28.9 Å². The number of carbonyl (C=O) groups excluding carboxylic acids is 3. The van der Waals surface area contributed by atoms with E-state index in [1.54, 1.807) is 37.3 Å². The molecule has 0 saturated heterocycles. The molecular formula is C22H21N3O6. The van der Waals surface area contributed by atoms with Gasteiger partial charge in [0.2, 0.25) is 0 Å². The van der Waals surface area contributed by atoms with Crippen LogP contribution in [-0.2, 0) is 14.3 Å². The number of ether oxygens (including phenoxy) is 1. The number of anilines is 2. The highest BCUT2D eigenvalue weighted by Crippen LogP contribution is 2.45. The van der Waals surface area contributed by atoms with Gasteiger partial charge in [0.25, 0.3) is 17.5 Å². The molecular weight excluding hydrogens is 402 g/mol. The molecule has 160 valence electrons. The van der Waals surface area contributed by atoms with Crippen molar-refractivity contribution in [2.45, 2.75) is 38.1 Å². The van der Waals surface area contributed by atoms with Crippen molar-refractivity contribution >= 4 is 34.8 Å². The summed E-state index contributed by atoms with van der Waals surface area (Å²) < 4.78 is 5.20. The third-order valence-corrected chi connectivity index (χ3v) is 5.90.